The Bertz CT molecular complexity index is 1460. The lowest BCUT2D eigenvalue weighted by Crippen LogP contribution is -2.34. The first kappa shape index (κ1) is 22.9. The number of benzene rings is 3. The van der Waals surface area contributed by atoms with Crippen LogP contribution in [0.5, 0.6) is 0 Å². The van der Waals surface area contributed by atoms with E-state index in [-0.39, 0.29) is 23.5 Å². The molecule has 0 saturated carbocycles. The number of aryl methyl sites for hydroxylation is 2. The Balaban J connectivity index is 1.73. The van der Waals surface area contributed by atoms with Crippen molar-refractivity contribution in [2.75, 3.05) is 6.54 Å². The van der Waals surface area contributed by atoms with Gasteiger partial charge in [0, 0.05) is 18.7 Å². The van der Waals surface area contributed by atoms with Crippen LogP contribution in [0, 0.1) is 19.7 Å². The second-order valence-corrected chi connectivity index (χ2v) is 10.1. The Labute approximate surface area is 192 Å². The van der Waals surface area contributed by atoms with Gasteiger partial charge in [-0.15, -0.1) is 0 Å². The van der Waals surface area contributed by atoms with Gasteiger partial charge in [-0.25, -0.2) is 12.8 Å². The lowest BCUT2D eigenvalue weighted by molar-refractivity contribution is 0.408. The fourth-order valence-electron chi connectivity index (χ4n) is 3.91. The third-order valence-corrected chi connectivity index (χ3v) is 7.71. The molecule has 1 N–H and O–H groups in total. The molecule has 5 nitrogen and oxygen atoms in total. The van der Waals surface area contributed by atoms with Crippen molar-refractivity contribution >= 4 is 20.9 Å². The molecule has 3 aromatic carbocycles. The van der Waals surface area contributed by atoms with E-state index < -0.39 is 15.8 Å². The molecular formula is C26H25FN2O3S. The maximum atomic E-state index is 13.5. The molecule has 4 rings (SSSR count). The minimum atomic E-state index is -3.96. The summed E-state index contributed by atoms with van der Waals surface area (Å²) in [6.07, 6.45) is 0.484. The zero-order chi connectivity index (χ0) is 23.6. The van der Waals surface area contributed by atoms with Crippen LogP contribution in [0.3, 0.4) is 0 Å². The number of rotatable bonds is 7. The molecule has 0 fully saturated rings. The maximum absolute atomic E-state index is 13.5. The Kier molecular flexibility index (Phi) is 6.44. The number of pyridine rings is 1. The van der Waals surface area contributed by atoms with Crippen LogP contribution < -0.4 is 5.56 Å². The van der Waals surface area contributed by atoms with Crippen molar-refractivity contribution in [1.82, 2.24) is 9.29 Å². The maximum Gasteiger partial charge on any atom is 0.252 e. The van der Waals surface area contributed by atoms with Gasteiger partial charge in [-0.1, -0.05) is 42.5 Å². The minimum absolute atomic E-state index is 0.0123. The van der Waals surface area contributed by atoms with Crippen molar-refractivity contribution in [2.24, 2.45) is 0 Å². The molecule has 0 unspecified atom stereocenters. The number of nitrogens with one attached hydrogen (secondary N) is 1. The molecular weight excluding hydrogens is 439 g/mol. The summed E-state index contributed by atoms with van der Waals surface area (Å²) in [5.74, 6) is -0.512. The van der Waals surface area contributed by atoms with Gasteiger partial charge >= 0.3 is 0 Å². The van der Waals surface area contributed by atoms with E-state index in [4.69, 9.17) is 0 Å². The summed E-state index contributed by atoms with van der Waals surface area (Å²) in [6.45, 7) is 3.97. The van der Waals surface area contributed by atoms with Crippen LogP contribution in [0.15, 0.2) is 82.5 Å². The summed E-state index contributed by atoms with van der Waals surface area (Å²) in [6, 6.07) is 20.0. The van der Waals surface area contributed by atoms with Gasteiger partial charge < -0.3 is 4.98 Å². The summed E-state index contributed by atoms with van der Waals surface area (Å²) < 4.78 is 41.7. The molecule has 0 saturated heterocycles. The first-order valence-corrected chi connectivity index (χ1v) is 12.1. The molecule has 0 atom stereocenters. The van der Waals surface area contributed by atoms with E-state index in [1.54, 1.807) is 6.07 Å². The molecule has 0 amide bonds. The average molecular weight is 465 g/mol. The van der Waals surface area contributed by atoms with Crippen LogP contribution >= 0.6 is 0 Å². The summed E-state index contributed by atoms with van der Waals surface area (Å²) in [4.78, 5) is 15.7. The fourth-order valence-corrected chi connectivity index (χ4v) is 5.33. The molecule has 0 radical (unpaired) electrons. The van der Waals surface area contributed by atoms with Gasteiger partial charge in [-0.05, 0) is 72.7 Å². The highest BCUT2D eigenvalue weighted by atomic mass is 32.2. The molecule has 0 bridgehead atoms. The summed E-state index contributed by atoms with van der Waals surface area (Å²) in [5.41, 5.74) is 3.79. The van der Waals surface area contributed by atoms with Crippen LogP contribution in [-0.4, -0.2) is 24.3 Å². The molecule has 4 aromatic rings. The summed E-state index contributed by atoms with van der Waals surface area (Å²) in [7, 11) is -3.96. The Morgan fingerprint density at radius 2 is 1.58 bits per heavy atom. The second-order valence-electron chi connectivity index (χ2n) is 8.13. The van der Waals surface area contributed by atoms with E-state index in [0.29, 0.717) is 12.0 Å². The molecule has 33 heavy (non-hydrogen) atoms. The first-order valence-electron chi connectivity index (χ1n) is 10.7. The molecule has 0 aliphatic rings. The highest BCUT2D eigenvalue weighted by molar-refractivity contribution is 7.89. The fraction of sp³-hybridized carbons (Fsp3) is 0.192. The van der Waals surface area contributed by atoms with Gasteiger partial charge in [-0.3, -0.25) is 4.79 Å². The van der Waals surface area contributed by atoms with E-state index in [0.717, 1.165) is 39.7 Å². The lowest BCUT2D eigenvalue weighted by atomic mass is 10.1. The first-order chi connectivity index (χ1) is 15.8. The number of sulfonamides is 1. The van der Waals surface area contributed by atoms with Gasteiger partial charge in [0.05, 0.1) is 10.4 Å². The Hall–Kier alpha value is -3.29. The minimum Gasteiger partial charge on any atom is -0.321 e. The number of nitrogens with zero attached hydrogens (tertiary/aromatic N) is 1. The van der Waals surface area contributed by atoms with E-state index in [2.05, 4.69) is 4.98 Å². The topological polar surface area (TPSA) is 70.2 Å². The van der Waals surface area contributed by atoms with Gasteiger partial charge in [0.1, 0.15) is 5.82 Å². The number of para-hydroxylation sites is 1. The number of halogens is 1. The number of hydrogen-bond donors (Lipinski definition) is 1. The van der Waals surface area contributed by atoms with Crippen LogP contribution in [0.25, 0.3) is 10.9 Å². The van der Waals surface area contributed by atoms with Gasteiger partial charge in [0.2, 0.25) is 10.0 Å². The standard InChI is InChI=1S/C26H25FN2O3S/c1-18-6-3-4-8-20(18)14-15-29(33(31,32)24-12-10-23(27)11-13-24)17-22-16-21-9-5-7-19(2)25(21)28-26(22)30/h3-13,16H,14-15,17H2,1-2H3,(H,28,30). The predicted molar refractivity (Wildman–Crippen MR) is 128 cm³/mol. The quantitative estimate of drug-likeness (QED) is 0.430. The molecule has 7 heteroatoms. The van der Waals surface area contributed by atoms with E-state index in [1.807, 2.05) is 56.3 Å². The third-order valence-electron chi connectivity index (χ3n) is 5.85. The van der Waals surface area contributed by atoms with Gasteiger partial charge in [-0.2, -0.15) is 4.31 Å². The van der Waals surface area contributed by atoms with Crippen molar-refractivity contribution in [3.63, 3.8) is 0 Å². The Morgan fingerprint density at radius 3 is 2.30 bits per heavy atom. The van der Waals surface area contributed by atoms with E-state index in [9.17, 15) is 17.6 Å². The van der Waals surface area contributed by atoms with Gasteiger partial charge in [0.25, 0.3) is 5.56 Å². The molecule has 1 aromatic heterocycles. The number of fused-ring (bicyclic) bond motifs is 1. The summed E-state index contributed by atoms with van der Waals surface area (Å²) in [5, 5.41) is 0.836. The normalized spacial score (nSPS) is 11.9. The van der Waals surface area contributed by atoms with E-state index in [1.165, 1.54) is 16.4 Å². The number of aromatic amines is 1. The average Bonchev–Trinajstić information content (AvgIpc) is 2.79. The van der Waals surface area contributed by atoms with Crippen molar-refractivity contribution in [3.05, 3.63) is 111 Å². The highest BCUT2D eigenvalue weighted by Crippen LogP contribution is 2.21. The van der Waals surface area contributed by atoms with Gasteiger partial charge in [0.15, 0.2) is 0 Å². The van der Waals surface area contributed by atoms with Crippen LogP contribution in [0.1, 0.15) is 22.3 Å². The molecule has 0 aliphatic heterocycles. The molecule has 1 heterocycles. The largest absolute Gasteiger partial charge is 0.321 e. The van der Waals surface area contributed by atoms with Crippen molar-refractivity contribution in [1.29, 1.82) is 0 Å². The highest BCUT2D eigenvalue weighted by Gasteiger charge is 2.26. The van der Waals surface area contributed by atoms with E-state index >= 15 is 0 Å². The molecule has 170 valence electrons. The third kappa shape index (κ3) is 4.89. The molecule has 0 aliphatic carbocycles. The smallest absolute Gasteiger partial charge is 0.252 e. The Morgan fingerprint density at radius 1 is 0.879 bits per heavy atom. The number of H-pyrrole nitrogens is 1. The monoisotopic (exact) mass is 464 g/mol. The van der Waals surface area contributed by atoms with Crippen LogP contribution in [0.4, 0.5) is 4.39 Å². The zero-order valence-electron chi connectivity index (χ0n) is 18.5. The van der Waals surface area contributed by atoms with Crippen LogP contribution in [0.2, 0.25) is 0 Å². The van der Waals surface area contributed by atoms with Crippen molar-refractivity contribution in [2.45, 2.75) is 31.7 Å². The second kappa shape index (κ2) is 9.29. The zero-order valence-corrected chi connectivity index (χ0v) is 19.3. The number of hydrogen-bond acceptors (Lipinski definition) is 3. The number of aromatic nitrogens is 1. The van der Waals surface area contributed by atoms with Crippen molar-refractivity contribution < 1.29 is 12.8 Å². The SMILES string of the molecule is Cc1ccccc1CCN(Cc1cc2cccc(C)c2[nH]c1=O)S(=O)(=O)c1ccc(F)cc1. The summed E-state index contributed by atoms with van der Waals surface area (Å²) >= 11 is 0. The lowest BCUT2D eigenvalue weighted by Gasteiger charge is -2.23. The van der Waals surface area contributed by atoms with Crippen LogP contribution in [-0.2, 0) is 23.0 Å². The molecule has 0 spiro atoms. The van der Waals surface area contributed by atoms with Crippen molar-refractivity contribution in [3.8, 4) is 0 Å². The predicted octanol–water partition coefficient (Wildman–Crippen LogP) is 4.72.